The van der Waals surface area contributed by atoms with E-state index in [9.17, 15) is 0 Å². The quantitative estimate of drug-likeness (QED) is 0.175. The molecule has 8 aromatic carbocycles. The molecule has 0 unspecified atom stereocenters. The van der Waals surface area contributed by atoms with Gasteiger partial charge in [-0.2, -0.15) is 0 Å². The highest BCUT2D eigenvalue weighted by atomic mass is 32.1. The van der Waals surface area contributed by atoms with E-state index in [-0.39, 0.29) is 5.41 Å². The van der Waals surface area contributed by atoms with Crippen molar-refractivity contribution in [1.82, 2.24) is 19.5 Å². The molecule has 0 atom stereocenters. The summed E-state index contributed by atoms with van der Waals surface area (Å²) in [5.41, 5.74) is 13.4. The highest BCUT2D eigenvalue weighted by Crippen LogP contribution is 2.52. The van der Waals surface area contributed by atoms with Gasteiger partial charge in [0.05, 0.1) is 16.7 Å². The lowest BCUT2D eigenvalue weighted by molar-refractivity contribution is 0.660. The molecule has 3 heterocycles. The van der Waals surface area contributed by atoms with Crippen molar-refractivity contribution in [3.63, 3.8) is 0 Å². The Balaban J connectivity index is 1.15. The molecule has 59 heavy (non-hydrogen) atoms. The summed E-state index contributed by atoms with van der Waals surface area (Å²) in [7, 11) is 0. The van der Waals surface area contributed by atoms with Crippen LogP contribution in [0.3, 0.4) is 0 Å². The number of rotatable bonds is 5. The van der Waals surface area contributed by atoms with Crippen LogP contribution >= 0.6 is 11.3 Å². The molecule has 11 aromatic rings. The lowest BCUT2D eigenvalue weighted by atomic mass is 9.82. The van der Waals surface area contributed by atoms with E-state index in [1.165, 1.54) is 64.3 Å². The van der Waals surface area contributed by atoms with Crippen LogP contribution in [-0.2, 0) is 5.41 Å². The van der Waals surface area contributed by atoms with Gasteiger partial charge < -0.3 is 4.57 Å². The van der Waals surface area contributed by atoms with E-state index >= 15 is 0 Å². The summed E-state index contributed by atoms with van der Waals surface area (Å²) in [6, 6.07) is 65.2. The number of nitrogens with zero attached hydrogens (tertiary/aromatic N) is 4. The minimum atomic E-state index is -0.162. The molecule has 0 aliphatic heterocycles. The molecular weight excluding hydrogens is 737 g/mol. The van der Waals surface area contributed by atoms with Gasteiger partial charge >= 0.3 is 0 Å². The van der Waals surface area contributed by atoms with Crippen molar-refractivity contribution in [3.8, 4) is 62.1 Å². The second-order valence-corrected chi connectivity index (χ2v) is 17.0. The van der Waals surface area contributed by atoms with Gasteiger partial charge in [0.1, 0.15) is 0 Å². The average molecular weight is 773 g/mol. The third-order valence-corrected chi connectivity index (χ3v) is 13.5. The molecule has 5 heteroatoms. The van der Waals surface area contributed by atoms with Crippen LogP contribution in [0.4, 0.5) is 0 Å². The molecular formula is C54H36N4S. The fraction of sp³-hybridized carbons (Fsp3) is 0.0556. The fourth-order valence-electron chi connectivity index (χ4n) is 9.50. The van der Waals surface area contributed by atoms with Crippen LogP contribution in [0.2, 0.25) is 0 Å². The summed E-state index contributed by atoms with van der Waals surface area (Å²) in [6.07, 6.45) is 0. The maximum atomic E-state index is 5.48. The molecule has 0 N–H and O–H groups in total. The molecule has 4 nitrogen and oxygen atoms in total. The normalized spacial score (nSPS) is 13.1. The highest BCUT2D eigenvalue weighted by molar-refractivity contribution is 7.26. The van der Waals surface area contributed by atoms with E-state index in [1.54, 1.807) is 11.3 Å². The number of para-hydroxylation sites is 2. The minimum absolute atomic E-state index is 0.162. The molecule has 0 saturated carbocycles. The Labute approximate surface area is 345 Å². The molecule has 0 bridgehead atoms. The largest absolute Gasteiger partial charge is 0.308 e. The van der Waals surface area contributed by atoms with Crippen molar-refractivity contribution in [1.29, 1.82) is 0 Å². The van der Waals surface area contributed by atoms with E-state index in [0.717, 1.165) is 33.4 Å². The maximum Gasteiger partial charge on any atom is 0.166 e. The van der Waals surface area contributed by atoms with Gasteiger partial charge in [-0.15, -0.1) is 11.3 Å². The predicted molar refractivity (Wildman–Crippen MR) is 246 cm³/mol. The molecule has 0 saturated heterocycles. The van der Waals surface area contributed by atoms with Crippen molar-refractivity contribution in [3.05, 3.63) is 193 Å². The molecule has 1 aliphatic carbocycles. The van der Waals surface area contributed by atoms with Gasteiger partial charge in [0.15, 0.2) is 17.5 Å². The number of hydrogen-bond acceptors (Lipinski definition) is 4. The molecule has 3 aromatic heterocycles. The van der Waals surface area contributed by atoms with Gasteiger partial charge in [-0.05, 0) is 69.8 Å². The molecule has 12 rings (SSSR count). The average Bonchev–Trinajstić information content (AvgIpc) is 3.92. The number of thiophene rings is 1. The van der Waals surface area contributed by atoms with Crippen LogP contribution in [-0.4, -0.2) is 19.5 Å². The summed E-state index contributed by atoms with van der Waals surface area (Å²) in [4.78, 5) is 16.4. The smallest absolute Gasteiger partial charge is 0.166 e. The monoisotopic (exact) mass is 772 g/mol. The molecule has 278 valence electrons. The summed E-state index contributed by atoms with van der Waals surface area (Å²) in [5.74, 6) is 1.96. The Kier molecular flexibility index (Phi) is 7.41. The zero-order chi connectivity index (χ0) is 39.2. The molecule has 0 spiro atoms. The van der Waals surface area contributed by atoms with E-state index < -0.39 is 0 Å². The van der Waals surface area contributed by atoms with Gasteiger partial charge in [-0.3, -0.25) is 0 Å². The Bertz CT molecular complexity index is 3480. The Hall–Kier alpha value is -7.21. The van der Waals surface area contributed by atoms with Crippen molar-refractivity contribution in [2.24, 2.45) is 0 Å². The number of fused-ring (bicyclic) bond motifs is 9. The first-order valence-corrected chi connectivity index (χ1v) is 20.9. The summed E-state index contributed by atoms with van der Waals surface area (Å²) >= 11 is 1.80. The van der Waals surface area contributed by atoms with Crippen LogP contribution in [0, 0.1) is 0 Å². The van der Waals surface area contributed by atoms with Gasteiger partial charge in [-0.1, -0.05) is 159 Å². The van der Waals surface area contributed by atoms with Crippen LogP contribution in [0.5, 0.6) is 0 Å². The third kappa shape index (κ3) is 5.11. The molecule has 0 fully saturated rings. The zero-order valence-electron chi connectivity index (χ0n) is 32.5. The Morgan fingerprint density at radius 2 is 1.02 bits per heavy atom. The first-order valence-electron chi connectivity index (χ1n) is 20.1. The lowest BCUT2D eigenvalue weighted by Crippen LogP contribution is -2.14. The second kappa shape index (κ2) is 12.9. The SMILES string of the molecule is CC1(C)c2ccccc2-c2c(-c3nc(-c4ccccc4-n4c5ccccc5c5ccc(-c6ccccc6)cc54)nc(-c4cccc5c4sc4ccccc45)n3)cccc21. The van der Waals surface area contributed by atoms with Gasteiger partial charge in [0.2, 0.25) is 0 Å². The van der Waals surface area contributed by atoms with Crippen LogP contribution in [0.15, 0.2) is 182 Å². The number of benzene rings is 8. The van der Waals surface area contributed by atoms with E-state index in [0.29, 0.717) is 17.5 Å². The van der Waals surface area contributed by atoms with E-state index in [4.69, 9.17) is 15.0 Å². The first kappa shape index (κ1) is 33.9. The Morgan fingerprint density at radius 3 is 1.88 bits per heavy atom. The minimum Gasteiger partial charge on any atom is -0.308 e. The molecule has 0 amide bonds. The maximum absolute atomic E-state index is 5.48. The fourth-order valence-corrected chi connectivity index (χ4v) is 10.7. The first-order chi connectivity index (χ1) is 29.0. The van der Waals surface area contributed by atoms with Crippen LogP contribution in [0.1, 0.15) is 25.0 Å². The summed E-state index contributed by atoms with van der Waals surface area (Å²) in [6.45, 7) is 4.64. The third-order valence-electron chi connectivity index (χ3n) is 12.3. The van der Waals surface area contributed by atoms with Gasteiger partial charge in [0, 0.05) is 53.1 Å². The van der Waals surface area contributed by atoms with Gasteiger partial charge in [-0.25, -0.2) is 15.0 Å². The number of aromatic nitrogens is 4. The number of hydrogen-bond donors (Lipinski definition) is 0. The standard InChI is InChI=1S/C54H36N4S/c1-54(2)43-25-10-6-20-39(43)49-41(23-15-26-44(49)54)52-55-51(56-53(57-52)42-24-14-22-38-37-19-9-13-29-48(37)59-50(38)42)40-21-8-12-28-46(40)58-45-27-11-7-18-35(45)36-31-30-34(32-47(36)58)33-16-4-3-5-17-33/h3-32H,1-2H3. The van der Waals surface area contributed by atoms with Crippen LogP contribution in [0.25, 0.3) is 104 Å². The van der Waals surface area contributed by atoms with E-state index in [2.05, 4.69) is 200 Å². The van der Waals surface area contributed by atoms with E-state index in [1.807, 2.05) is 0 Å². The summed E-state index contributed by atoms with van der Waals surface area (Å²) in [5, 5.41) is 4.86. The lowest BCUT2D eigenvalue weighted by Gasteiger charge is -2.21. The topological polar surface area (TPSA) is 43.6 Å². The summed E-state index contributed by atoms with van der Waals surface area (Å²) < 4.78 is 4.81. The molecule has 1 aliphatic rings. The second-order valence-electron chi connectivity index (χ2n) is 16.0. The van der Waals surface area contributed by atoms with Gasteiger partial charge in [0.25, 0.3) is 0 Å². The van der Waals surface area contributed by atoms with Crippen molar-refractivity contribution in [2.75, 3.05) is 0 Å². The highest BCUT2D eigenvalue weighted by Gasteiger charge is 2.37. The van der Waals surface area contributed by atoms with Crippen molar-refractivity contribution < 1.29 is 0 Å². The Morgan fingerprint density at radius 1 is 0.424 bits per heavy atom. The van der Waals surface area contributed by atoms with Crippen molar-refractivity contribution >= 4 is 53.3 Å². The molecule has 0 radical (unpaired) electrons. The van der Waals surface area contributed by atoms with Crippen molar-refractivity contribution in [2.45, 2.75) is 19.3 Å². The predicted octanol–water partition coefficient (Wildman–Crippen LogP) is 14.3. The zero-order valence-corrected chi connectivity index (χ0v) is 33.3. The van der Waals surface area contributed by atoms with Crippen LogP contribution < -0.4 is 0 Å².